The van der Waals surface area contributed by atoms with Crippen LogP contribution in [0.4, 0.5) is 5.69 Å². The first-order chi connectivity index (χ1) is 13.0. The lowest BCUT2D eigenvalue weighted by atomic mass is 10.2. The van der Waals surface area contributed by atoms with Crippen molar-refractivity contribution in [2.24, 2.45) is 0 Å². The Hall–Kier alpha value is -2.69. The van der Waals surface area contributed by atoms with E-state index in [0.29, 0.717) is 23.2 Å². The summed E-state index contributed by atoms with van der Waals surface area (Å²) in [5, 5.41) is 13.4. The predicted molar refractivity (Wildman–Crippen MR) is 108 cm³/mol. The van der Waals surface area contributed by atoms with Crippen molar-refractivity contribution >= 4 is 34.9 Å². The maximum absolute atomic E-state index is 11.0. The molecule has 0 saturated carbocycles. The Kier molecular flexibility index (Phi) is 6.22. The minimum absolute atomic E-state index is 0.247. The van der Waals surface area contributed by atoms with E-state index < -0.39 is 5.97 Å². The molecule has 0 aliphatic carbocycles. The van der Waals surface area contributed by atoms with Crippen LogP contribution in [0.15, 0.2) is 66.7 Å². The van der Waals surface area contributed by atoms with Gasteiger partial charge in [0.15, 0.2) is 0 Å². The van der Waals surface area contributed by atoms with E-state index in [1.165, 1.54) is 0 Å². The quantitative estimate of drug-likeness (QED) is 0.518. The molecule has 0 bridgehead atoms. The van der Waals surface area contributed by atoms with Crippen LogP contribution in [0, 0.1) is 0 Å². The molecule has 0 aliphatic heterocycles. The summed E-state index contributed by atoms with van der Waals surface area (Å²) in [6.45, 7) is 0.884. The molecule has 0 heterocycles. The van der Waals surface area contributed by atoms with Crippen molar-refractivity contribution in [1.82, 2.24) is 0 Å². The summed E-state index contributed by atoms with van der Waals surface area (Å²) in [6.07, 6.45) is 0. The van der Waals surface area contributed by atoms with Crippen LogP contribution in [0.3, 0.4) is 0 Å². The number of benzene rings is 3. The Morgan fingerprint density at radius 2 is 1.81 bits per heavy atom. The molecule has 0 unspecified atom stereocenters. The van der Waals surface area contributed by atoms with Crippen molar-refractivity contribution in [3.63, 3.8) is 0 Å². The van der Waals surface area contributed by atoms with E-state index in [-0.39, 0.29) is 5.56 Å². The van der Waals surface area contributed by atoms with Crippen LogP contribution in [-0.2, 0) is 13.2 Å². The topological polar surface area (TPSA) is 58.6 Å². The normalized spacial score (nSPS) is 10.4. The molecular weight excluding hydrogens is 385 g/mol. The van der Waals surface area contributed by atoms with E-state index in [0.717, 1.165) is 22.6 Å². The minimum atomic E-state index is -0.949. The first-order valence-corrected chi connectivity index (χ1v) is 9.00. The smallest absolute Gasteiger partial charge is 0.335 e. The average Bonchev–Trinajstić information content (AvgIpc) is 2.66. The van der Waals surface area contributed by atoms with Crippen LogP contribution in [0.2, 0.25) is 10.0 Å². The second kappa shape index (κ2) is 8.80. The number of carboxylic acids is 1. The van der Waals surface area contributed by atoms with E-state index >= 15 is 0 Å². The van der Waals surface area contributed by atoms with Crippen molar-refractivity contribution in [3.05, 3.63) is 93.5 Å². The summed E-state index contributed by atoms with van der Waals surface area (Å²) in [6, 6.07) is 19.7. The van der Waals surface area contributed by atoms with Gasteiger partial charge in [0.1, 0.15) is 12.4 Å². The number of carboxylic acid groups (broad SMARTS) is 1. The number of hydrogen-bond acceptors (Lipinski definition) is 3. The molecule has 3 aromatic carbocycles. The number of anilines is 1. The molecule has 27 heavy (non-hydrogen) atoms. The summed E-state index contributed by atoms with van der Waals surface area (Å²) in [5.74, 6) is -0.227. The molecule has 3 aromatic rings. The molecule has 6 heteroatoms. The lowest BCUT2D eigenvalue weighted by Gasteiger charge is -2.11. The third-order valence-electron chi connectivity index (χ3n) is 3.91. The SMILES string of the molecule is O=C(O)c1cccc(NCc2cccc(OCc3ccc(Cl)cc3Cl)c2)c1. The van der Waals surface area contributed by atoms with Crippen LogP contribution in [0.1, 0.15) is 21.5 Å². The highest BCUT2D eigenvalue weighted by Gasteiger charge is 2.05. The van der Waals surface area contributed by atoms with Gasteiger partial charge in [-0.3, -0.25) is 0 Å². The molecule has 2 N–H and O–H groups in total. The van der Waals surface area contributed by atoms with Gasteiger partial charge in [0.05, 0.1) is 5.56 Å². The lowest BCUT2D eigenvalue weighted by Crippen LogP contribution is -2.02. The maximum atomic E-state index is 11.0. The van der Waals surface area contributed by atoms with Crippen molar-refractivity contribution < 1.29 is 14.6 Å². The number of halogens is 2. The Labute approximate surface area is 167 Å². The van der Waals surface area contributed by atoms with Crippen molar-refractivity contribution in [2.75, 3.05) is 5.32 Å². The summed E-state index contributed by atoms with van der Waals surface area (Å²) in [4.78, 5) is 11.0. The van der Waals surface area contributed by atoms with Crippen LogP contribution in [0.25, 0.3) is 0 Å². The molecule has 0 saturated heterocycles. The molecule has 3 rings (SSSR count). The molecule has 0 radical (unpaired) electrons. The second-order valence-electron chi connectivity index (χ2n) is 5.91. The number of hydrogen-bond donors (Lipinski definition) is 2. The molecular formula is C21H17Cl2NO3. The summed E-state index contributed by atoms with van der Waals surface area (Å²) < 4.78 is 5.82. The fourth-order valence-corrected chi connectivity index (χ4v) is 2.97. The first kappa shape index (κ1) is 19.1. The summed E-state index contributed by atoms with van der Waals surface area (Å²) >= 11 is 12.1. The van der Waals surface area contributed by atoms with E-state index in [1.807, 2.05) is 36.4 Å². The zero-order chi connectivity index (χ0) is 19.2. The third kappa shape index (κ3) is 5.39. The fourth-order valence-electron chi connectivity index (χ4n) is 2.51. The monoisotopic (exact) mass is 401 g/mol. The van der Waals surface area contributed by atoms with E-state index in [2.05, 4.69) is 5.32 Å². The van der Waals surface area contributed by atoms with E-state index in [4.69, 9.17) is 33.0 Å². The molecule has 4 nitrogen and oxygen atoms in total. The van der Waals surface area contributed by atoms with E-state index in [1.54, 1.807) is 30.3 Å². The van der Waals surface area contributed by atoms with Crippen molar-refractivity contribution in [3.8, 4) is 5.75 Å². The lowest BCUT2D eigenvalue weighted by molar-refractivity contribution is 0.0697. The van der Waals surface area contributed by atoms with Crippen LogP contribution in [0.5, 0.6) is 5.75 Å². The second-order valence-corrected chi connectivity index (χ2v) is 6.75. The Bertz CT molecular complexity index is 960. The van der Waals surface area contributed by atoms with Crippen LogP contribution >= 0.6 is 23.2 Å². The Morgan fingerprint density at radius 3 is 2.59 bits per heavy atom. The third-order valence-corrected chi connectivity index (χ3v) is 4.50. The highest BCUT2D eigenvalue weighted by atomic mass is 35.5. The number of nitrogens with one attached hydrogen (secondary N) is 1. The minimum Gasteiger partial charge on any atom is -0.489 e. The first-order valence-electron chi connectivity index (χ1n) is 8.24. The molecule has 138 valence electrons. The summed E-state index contributed by atoms with van der Waals surface area (Å²) in [5.41, 5.74) is 2.86. The van der Waals surface area contributed by atoms with Crippen molar-refractivity contribution in [1.29, 1.82) is 0 Å². The highest BCUT2D eigenvalue weighted by Crippen LogP contribution is 2.23. The molecule has 0 aliphatic rings. The van der Waals surface area contributed by atoms with Crippen LogP contribution in [-0.4, -0.2) is 11.1 Å². The van der Waals surface area contributed by atoms with Gasteiger partial charge >= 0.3 is 5.97 Å². The van der Waals surface area contributed by atoms with Gasteiger partial charge in [0, 0.05) is 27.8 Å². The fraction of sp³-hybridized carbons (Fsp3) is 0.0952. The van der Waals surface area contributed by atoms with E-state index in [9.17, 15) is 4.79 Å². The highest BCUT2D eigenvalue weighted by molar-refractivity contribution is 6.35. The average molecular weight is 402 g/mol. The summed E-state index contributed by atoms with van der Waals surface area (Å²) in [7, 11) is 0. The number of rotatable bonds is 7. The number of ether oxygens (including phenoxy) is 1. The number of aromatic carboxylic acids is 1. The molecule has 0 fully saturated rings. The predicted octanol–water partition coefficient (Wildman–Crippen LogP) is 5.88. The van der Waals surface area contributed by atoms with Crippen LogP contribution < -0.4 is 10.1 Å². The molecule has 0 amide bonds. The van der Waals surface area contributed by atoms with Crippen molar-refractivity contribution in [2.45, 2.75) is 13.2 Å². The maximum Gasteiger partial charge on any atom is 0.335 e. The van der Waals surface area contributed by atoms with Gasteiger partial charge in [0.25, 0.3) is 0 Å². The Balaban J connectivity index is 1.62. The van der Waals surface area contributed by atoms with Gasteiger partial charge in [-0.25, -0.2) is 4.79 Å². The zero-order valence-electron chi connectivity index (χ0n) is 14.3. The van der Waals surface area contributed by atoms with Gasteiger partial charge < -0.3 is 15.2 Å². The van der Waals surface area contributed by atoms with Gasteiger partial charge in [-0.2, -0.15) is 0 Å². The van der Waals surface area contributed by atoms with Gasteiger partial charge in [-0.15, -0.1) is 0 Å². The molecule has 0 atom stereocenters. The number of carbonyl (C=O) groups is 1. The molecule has 0 aromatic heterocycles. The Morgan fingerprint density at radius 1 is 1.00 bits per heavy atom. The van der Waals surface area contributed by atoms with Gasteiger partial charge in [0.2, 0.25) is 0 Å². The largest absolute Gasteiger partial charge is 0.489 e. The van der Waals surface area contributed by atoms with Gasteiger partial charge in [-0.1, -0.05) is 47.5 Å². The standard InChI is InChI=1S/C21H17Cl2NO3/c22-17-8-7-16(20(23)11-17)13-27-19-6-1-3-14(9-19)12-24-18-5-2-4-15(10-18)21(25)26/h1-11,24H,12-13H2,(H,25,26). The zero-order valence-corrected chi connectivity index (χ0v) is 15.8. The molecule has 0 spiro atoms. The van der Waals surface area contributed by atoms with Gasteiger partial charge in [-0.05, 0) is 48.0 Å².